The van der Waals surface area contributed by atoms with Gasteiger partial charge in [-0.05, 0) is 42.9 Å². The van der Waals surface area contributed by atoms with E-state index in [0.29, 0.717) is 12.3 Å². The molecule has 1 amide bonds. The van der Waals surface area contributed by atoms with Crippen LogP contribution >= 0.6 is 0 Å². The lowest BCUT2D eigenvalue weighted by Gasteiger charge is -2.10. The summed E-state index contributed by atoms with van der Waals surface area (Å²) in [6.45, 7) is 7.13. The van der Waals surface area contributed by atoms with E-state index in [4.69, 9.17) is 4.74 Å². The number of carbonyl (C=O) groups excluding carboxylic acids is 1. The Hall–Kier alpha value is -1.51. The number of amides is 1. The van der Waals surface area contributed by atoms with Gasteiger partial charge in [0.15, 0.2) is 0 Å². The van der Waals surface area contributed by atoms with Crippen LogP contribution in [0.3, 0.4) is 0 Å². The van der Waals surface area contributed by atoms with Gasteiger partial charge in [-0.1, -0.05) is 32.4 Å². The van der Waals surface area contributed by atoms with Gasteiger partial charge >= 0.3 is 0 Å². The Morgan fingerprint density at radius 3 is 2.75 bits per heavy atom. The average Bonchev–Trinajstić information content (AvgIpc) is 2.45. The summed E-state index contributed by atoms with van der Waals surface area (Å²) in [5.74, 6) is 1.64. The molecule has 1 aromatic carbocycles. The molecule has 0 saturated heterocycles. The number of methoxy groups -OCH3 is 1. The van der Waals surface area contributed by atoms with Crippen molar-refractivity contribution >= 4 is 5.91 Å². The van der Waals surface area contributed by atoms with E-state index in [1.165, 1.54) is 5.56 Å². The van der Waals surface area contributed by atoms with E-state index in [-0.39, 0.29) is 5.91 Å². The number of hydrogen-bond donors (Lipinski definition) is 1. The second kappa shape index (κ2) is 8.62. The summed E-state index contributed by atoms with van der Waals surface area (Å²) >= 11 is 0. The standard InChI is InChI=1S/C17H27NO2/c1-5-13(2)12-18-17(19)8-6-7-15-9-10-16(20-4)14(3)11-15/h9-11,13H,5-8,12H2,1-4H3,(H,18,19)/t13-/m1/s1. The number of aryl methyl sites for hydroxylation is 2. The first kappa shape index (κ1) is 16.5. The molecule has 3 nitrogen and oxygen atoms in total. The molecule has 0 radical (unpaired) electrons. The van der Waals surface area contributed by atoms with Crippen molar-refractivity contribution in [2.75, 3.05) is 13.7 Å². The molecule has 1 N–H and O–H groups in total. The van der Waals surface area contributed by atoms with Gasteiger partial charge in [0.1, 0.15) is 5.75 Å². The minimum atomic E-state index is 0.163. The first-order chi connectivity index (χ1) is 9.56. The molecule has 0 bridgehead atoms. The van der Waals surface area contributed by atoms with Crippen molar-refractivity contribution in [3.05, 3.63) is 29.3 Å². The topological polar surface area (TPSA) is 38.3 Å². The van der Waals surface area contributed by atoms with Crippen LogP contribution in [0.25, 0.3) is 0 Å². The summed E-state index contributed by atoms with van der Waals surface area (Å²) in [5.41, 5.74) is 2.41. The molecule has 1 atom stereocenters. The van der Waals surface area contributed by atoms with Crippen LogP contribution in [-0.2, 0) is 11.2 Å². The lowest BCUT2D eigenvalue weighted by molar-refractivity contribution is -0.121. The van der Waals surface area contributed by atoms with Crippen molar-refractivity contribution in [2.45, 2.75) is 46.5 Å². The van der Waals surface area contributed by atoms with E-state index in [1.54, 1.807) is 7.11 Å². The van der Waals surface area contributed by atoms with Gasteiger partial charge in [-0.2, -0.15) is 0 Å². The lowest BCUT2D eigenvalue weighted by Crippen LogP contribution is -2.27. The van der Waals surface area contributed by atoms with Crippen LogP contribution in [-0.4, -0.2) is 19.6 Å². The van der Waals surface area contributed by atoms with Gasteiger partial charge in [-0.3, -0.25) is 4.79 Å². The third-order valence-corrected chi connectivity index (χ3v) is 3.67. The fraction of sp³-hybridized carbons (Fsp3) is 0.588. The number of ether oxygens (including phenoxy) is 1. The van der Waals surface area contributed by atoms with E-state index in [9.17, 15) is 4.79 Å². The summed E-state index contributed by atoms with van der Waals surface area (Å²) in [7, 11) is 1.68. The van der Waals surface area contributed by atoms with Gasteiger partial charge in [0.2, 0.25) is 5.91 Å². The molecule has 20 heavy (non-hydrogen) atoms. The van der Waals surface area contributed by atoms with Crippen LogP contribution < -0.4 is 10.1 Å². The van der Waals surface area contributed by atoms with Crippen molar-refractivity contribution < 1.29 is 9.53 Å². The molecule has 1 rings (SSSR count). The Morgan fingerprint density at radius 2 is 2.15 bits per heavy atom. The minimum absolute atomic E-state index is 0.163. The fourth-order valence-corrected chi connectivity index (χ4v) is 2.07. The zero-order valence-corrected chi connectivity index (χ0v) is 13.2. The monoisotopic (exact) mass is 277 g/mol. The second-order valence-electron chi connectivity index (χ2n) is 5.48. The maximum atomic E-state index is 11.7. The largest absolute Gasteiger partial charge is 0.496 e. The molecule has 1 aromatic rings. The summed E-state index contributed by atoms with van der Waals surface area (Å²) in [6.07, 6.45) is 3.52. The molecular formula is C17H27NO2. The van der Waals surface area contributed by atoms with Gasteiger partial charge in [0, 0.05) is 13.0 Å². The lowest BCUT2D eigenvalue weighted by atomic mass is 10.0. The highest BCUT2D eigenvalue weighted by atomic mass is 16.5. The number of carbonyl (C=O) groups is 1. The summed E-state index contributed by atoms with van der Waals surface area (Å²) in [5, 5.41) is 2.99. The molecular weight excluding hydrogens is 250 g/mol. The van der Waals surface area contributed by atoms with Crippen LogP contribution in [0.1, 0.15) is 44.2 Å². The molecule has 0 unspecified atom stereocenters. The highest BCUT2D eigenvalue weighted by molar-refractivity contribution is 5.75. The Morgan fingerprint density at radius 1 is 1.40 bits per heavy atom. The van der Waals surface area contributed by atoms with Gasteiger partial charge in [0.05, 0.1) is 7.11 Å². The first-order valence-corrected chi connectivity index (χ1v) is 7.47. The summed E-state index contributed by atoms with van der Waals surface area (Å²) < 4.78 is 5.24. The maximum Gasteiger partial charge on any atom is 0.220 e. The molecule has 0 aliphatic carbocycles. The first-order valence-electron chi connectivity index (χ1n) is 7.47. The van der Waals surface area contributed by atoms with E-state index in [1.807, 2.05) is 13.0 Å². The van der Waals surface area contributed by atoms with Crippen LogP contribution in [0.5, 0.6) is 5.75 Å². The van der Waals surface area contributed by atoms with E-state index < -0.39 is 0 Å². The maximum absolute atomic E-state index is 11.7. The normalized spacial score (nSPS) is 12.0. The Kier molecular flexibility index (Phi) is 7.13. The number of benzene rings is 1. The summed E-state index contributed by atoms with van der Waals surface area (Å²) in [6, 6.07) is 6.20. The molecule has 112 valence electrons. The zero-order valence-electron chi connectivity index (χ0n) is 13.2. The van der Waals surface area contributed by atoms with Crippen LogP contribution in [0, 0.1) is 12.8 Å². The molecule has 0 aliphatic rings. The quantitative estimate of drug-likeness (QED) is 0.790. The Bertz CT molecular complexity index is 429. The molecule has 0 saturated carbocycles. The Balaban J connectivity index is 2.30. The predicted octanol–water partition coefficient (Wildman–Crippen LogP) is 3.49. The van der Waals surface area contributed by atoms with Crippen molar-refractivity contribution in [1.82, 2.24) is 5.32 Å². The van der Waals surface area contributed by atoms with Gasteiger partial charge in [0.25, 0.3) is 0 Å². The minimum Gasteiger partial charge on any atom is -0.496 e. The average molecular weight is 277 g/mol. The molecule has 0 aliphatic heterocycles. The van der Waals surface area contributed by atoms with Gasteiger partial charge in [-0.15, -0.1) is 0 Å². The van der Waals surface area contributed by atoms with Crippen LogP contribution in [0.4, 0.5) is 0 Å². The third kappa shape index (κ3) is 5.64. The van der Waals surface area contributed by atoms with Crippen molar-refractivity contribution in [3.63, 3.8) is 0 Å². The second-order valence-corrected chi connectivity index (χ2v) is 5.48. The molecule has 0 aromatic heterocycles. The Labute approximate surface area is 122 Å². The van der Waals surface area contributed by atoms with Crippen LogP contribution in [0.15, 0.2) is 18.2 Å². The smallest absolute Gasteiger partial charge is 0.220 e. The zero-order chi connectivity index (χ0) is 15.0. The molecule has 0 fully saturated rings. The molecule has 0 spiro atoms. The SMILES string of the molecule is CC[C@@H](C)CNC(=O)CCCc1ccc(OC)c(C)c1. The van der Waals surface area contributed by atoms with Gasteiger partial charge < -0.3 is 10.1 Å². The number of rotatable bonds is 8. The van der Waals surface area contributed by atoms with E-state index in [2.05, 4.69) is 31.3 Å². The number of hydrogen-bond acceptors (Lipinski definition) is 2. The summed E-state index contributed by atoms with van der Waals surface area (Å²) in [4.78, 5) is 11.7. The predicted molar refractivity (Wildman–Crippen MR) is 83.1 cm³/mol. The molecule has 0 heterocycles. The van der Waals surface area contributed by atoms with Crippen molar-refractivity contribution in [3.8, 4) is 5.75 Å². The van der Waals surface area contributed by atoms with Crippen LogP contribution in [0.2, 0.25) is 0 Å². The highest BCUT2D eigenvalue weighted by Crippen LogP contribution is 2.19. The third-order valence-electron chi connectivity index (χ3n) is 3.67. The van der Waals surface area contributed by atoms with E-state index >= 15 is 0 Å². The molecule has 3 heteroatoms. The highest BCUT2D eigenvalue weighted by Gasteiger charge is 2.05. The van der Waals surface area contributed by atoms with Crippen molar-refractivity contribution in [2.24, 2.45) is 5.92 Å². The van der Waals surface area contributed by atoms with Gasteiger partial charge in [-0.25, -0.2) is 0 Å². The fourth-order valence-electron chi connectivity index (χ4n) is 2.07. The van der Waals surface area contributed by atoms with Crippen molar-refractivity contribution in [1.29, 1.82) is 0 Å². The number of nitrogens with one attached hydrogen (secondary N) is 1. The van der Waals surface area contributed by atoms with E-state index in [0.717, 1.165) is 37.1 Å².